The topological polar surface area (TPSA) is 40.5 Å². The Morgan fingerprint density at radius 1 is 0.243 bits per heavy atom. The summed E-state index contributed by atoms with van der Waals surface area (Å²) >= 11 is 0. The number of aliphatic hydroxyl groups is 2. The normalized spacial score (nSPS) is 24.2. The molecule has 0 aromatic heterocycles. The van der Waals surface area contributed by atoms with E-state index in [9.17, 15) is 10.2 Å². The zero-order valence-electron chi connectivity index (χ0n) is 25.4. The van der Waals surface area contributed by atoms with Crippen LogP contribution < -0.4 is 0 Å². The fraction of sp³-hybridized carbons (Fsp3) is 1.00. The highest BCUT2D eigenvalue weighted by atomic mass is 16.3. The minimum Gasteiger partial charge on any atom is -0.396 e. The Bertz CT molecular complexity index is 319. The third kappa shape index (κ3) is 22.4. The first-order valence-electron chi connectivity index (χ1n) is 17.5. The quantitative estimate of drug-likeness (QED) is 0.378. The summed E-state index contributed by atoms with van der Waals surface area (Å²) in [6.45, 7) is 0.312. The lowest BCUT2D eigenvalue weighted by Crippen LogP contribution is -2.29. The molecule has 3 aliphatic carbocycles. The van der Waals surface area contributed by atoms with Gasteiger partial charge in [-0.2, -0.15) is 0 Å². The van der Waals surface area contributed by atoms with Crippen molar-refractivity contribution in [1.29, 1.82) is 0 Å². The molecule has 37 heavy (non-hydrogen) atoms. The summed E-state index contributed by atoms with van der Waals surface area (Å²) in [5, 5.41) is 18.9. The Morgan fingerprint density at radius 2 is 0.378 bits per heavy atom. The van der Waals surface area contributed by atoms with Gasteiger partial charge < -0.3 is 10.2 Å². The Labute approximate surface area is 234 Å². The second kappa shape index (κ2) is 27.5. The van der Waals surface area contributed by atoms with Gasteiger partial charge in [-0.05, 0) is 12.8 Å². The first-order valence-corrected chi connectivity index (χ1v) is 17.5. The van der Waals surface area contributed by atoms with Gasteiger partial charge in [-0.15, -0.1) is 0 Å². The monoisotopic (exact) mass is 523 g/mol. The van der Waals surface area contributed by atoms with Gasteiger partial charge in [0, 0.05) is 5.41 Å². The molecule has 3 saturated carbocycles. The molecule has 222 valence electrons. The van der Waals surface area contributed by atoms with Crippen LogP contribution in [0.3, 0.4) is 0 Å². The van der Waals surface area contributed by atoms with Gasteiger partial charge in [0.2, 0.25) is 0 Å². The Kier molecular flexibility index (Phi) is 26.0. The van der Waals surface area contributed by atoms with Crippen molar-refractivity contribution in [2.75, 3.05) is 13.2 Å². The van der Waals surface area contributed by atoms with Crippen LogP contribution in [-0.2, 0) is 0 Å². The van der Waals surface area contributed by atoms with Crippen molar-refractivity contribution in [3.8, 4) is 0 Å². The molecule has 0 unspecified atom stereocenters. The molecule has 3 fully saturated rings. The molecular formula is C35H70O2. The first kappa shape index (κ1) is 34.9. The standard InChI is InChI=1S/C13H26O2.2C11H22/c14-11-13(12-15)9-7-5-3-1-2-4-6-8-10-13;2*1-2-4-6-8-10-11-9-7-5-3-1/h14-15H,1-12H2;2*1-11H2. The van der Waals surface area contributed by atoms with Gasteiger partial charge in [0.15, 0.2) is 0 Å². The van der Waals surface area contributed by atoms with Crippen LogP contribution in [-0.4, -0.2) is 23.4 Å². The van der Waals surface area contributed by atoms with Crippen LogP contribution in [0.25, 0.3) is 0 Å². The van der Waals surface area contributed by atoms with E-state index in [0.717, 1.165) is 12.8 Å². The van der Waals surface area contributed by atoms with Crippen LogP contribution in [0.2, 0.25) is 0 Å². The molecule has 3 rings (SSSR count). The van der Waals surface area contributed by atoms with Crippen molar-refractivity contribution in [3.05, 3.63) is 0 Å². The van der Waals surface area contributed by atoms with Gasteiger partial charge in [0.05, 0.1) is 13.2 Å². The van der Waals surface area contributed by atoms with Crippen LogP contribution in [0, 0.1) is 5.41 Å². The first-order chi connectivity index (χ1) is 18.3. The van der Waals surface area contributed by atoms with Crippen LogP contribution in [0.1, 0.15) is 205 Å². The van der Waals surface area contributed by atoms with Crippen LogP contribution in [0.4, 0.5) is 0 Å². The van der Waals surface area contributed by atoms with Crippen molar-refractivity contribution < 1.29 is 10.2 Å². The molecule has 0 aromatic rings. The van der Waals surface area contributed by atoms with Gasteiger partial charge in [-0.1, -0.05) is 193 Å². The zero-order valence-corrected chi connectivity index (χ0v) is 25.4. The summed E-state index contributed by atoms with van der Waals surface area (Å²) in [4.78, 5) is 0. The predicted octanol–water partition coefficient (Wildman–Crippen LogP) is 11.5. The largest absolute Gasteiger partial charge is 0.396 e. The average Bonchev–Trinajstić information content (AvgIpc) is 3.09. The Morgan fingerprint density at radius 3 is 0.514 bits per heavy atom. The highest BCUT2D eigenvalue weighted by Gasteiger charge is 2.27. The molecule has 0 saturated heterocycles. The maximum Gasteiger partial charge on any atom is 0.0509 e. The Balaban J connectivity index is 0.000000283. The van der Waals surface area contributed by atoms with E-state index in [0.29, 0.717) is 0 Å². The van der Waals surface area contributed by atoms with E-state index in [-0.39, 0.29) is 18.6 Å². The number of hydrogen-bond donors (Lipinski definition) is 2. The summed E-state index contributed by atoms with van der Waals surface area (Å²) in [7, 11) is 0. The molecule has 0 heterocycles. The maximum absolute atomic E-state index is 9.43. The predicted molar refractivity (Wildman–Crippen MR) is 164 cm³/mol. The molecular weight excluding hydrogens is 452 g/mol. The highest BCUT2D eigenvalue weighted by molar-refractivity contribution is 4.78. The molecule has 0 aliphatic heterocycles. The van der Waals surface area contributed by atoms with Gasteiger partial charge >= 0.3 is 0 Å². The molecule has 0 amide bonds. The summed E-state index contributed by atoms with van der Waals surface area (Å²) in [6, 6.07) is 0. The van der Waals surface area contributed by atoms with Gasteiger partial charge in [-0.3, -0.25) is 0 Å². The second-order valence-corrected chi connectivity index (χ2v) is 12.9. The highest BCUT2D eigenvalue weighted by Crippen LogP contribution is 2.32. The molecule has 2 N–H and O–H groups in total. The summed E-state index contributed by atoms with van der Waals surface area (Å²) in [5.41, 5.74) is -0.176. The van der Waals surface area contributed by atoms with Crippen molar-refractivity contribution in [2.24, 2.45) is 5.41 Å². The van der Waals surface area contributed by atoms with E-state index >= 15 is 0 Å². The second-order valence-electron chi connectivity index (χ2n) is 12.9. The third-order valence-corrected chi connectivity index (χ3v) is 9.34. The van der Waals surface area contributed by atoms with Gasteiger partial charge in [-0.25, -0.2) is 0 Å². The maximum atomic E-state index is 9.43. The summed E-state index contributed by atoms with van der Waals surface area (Å²) < 4.78 is 0. The molecule has 3 aliphatic rings. The van der Waals surface area contributed by atoms with Crippen molar-refractivity contribution in [3.63, 3.8) is 0 Å². The van der Waals surface area contributed by atoms with E-state index in [4.69, 9.17) is 0 Å². The lowest BCUT2D eigenvalue weighted by Gasteiger charge is -2.29. The molecule has 0 aromatic carbocycles. The number of rotatable bonds is 2. The summed E-state index contributed by atoms with van der Waals surface area (Å²) in [6.07, 6.45) is 45.3. The van der Waals surface area contributed by atoms with Crippen molar-refractivity contribution in [1.82, 2.24) is 0 Å². The molecule has 0 bridgehead atoms. The van der Waals surface area contributed by atoms with Crippen LogP contribution >= 0.6 is 0 Å². The van der Waals surface area contributed by atoms with E-state index in [1.165, 1.54) is 193 Å². The van der Waals surface area contributed by atoms with Gasteiger partial charge in [0.25, 0.3) is 0 Å². The molecule has 0 atom stereocenters. The average molecular weight is 523 g/mol. The molecule has 2 nitrogen and oxygen atoms in total. The molecule has 2 heteroatoms. The lowest BCUT2D eigenvalue weighted by molar-refractivity contribution is 0.0357. The fourth-order valence-electron chi connectivity index (χ4n) is 6.44. The van der Waals surface area contributed by atoms with Gasteiger partial charge in [0.1, 0.15) is 0 Å². The number of aliphatic hydroxyl groups excluding tert-OH is 2. The van der Waals surface area contributed by atoms with Crippen LogP contribution in [0.15, 0.2) is 0 Å². The van der Waals surface area contributed by atoms with Crippen molar-refractivity contribution >= 4 is 0 Å². The Hall–Kier alpha value is -0.0800. The van der Waals surface area contributed by atoms with Crippen LogP contribution in [0.5, 0.6) is 0 Å². The molecule has 0 radical (unpaired) electrons. The summed E-state index contributed by atoms with van der Waals surface area (Å²) in [5.74, 6) is 0. The third-order valence-electron chi connectivity index (χ3n) is 9.34. The fourth-order valence-corrected chi connectivity index (χ4v) is 6.44. The SMILES string of the molecule is C1CCCCCCCCCC1.C1CCCCCCCCCC1.OCC1(CO)CCCCCCCCCC1. The zero-order chi connectivity index (χ0) is 26.5. The number of hydrogen-bond acceptors (Lipinski definition) is 2. The molecule has 0 spiro atoms. The lowest BCUT2D eigenvalue weighted by atomic mass is 9.79. The van der Waals surface area contributed by atoms with Crippen molar-refractivity contribution in [2.45, 2.75) is 205 Å². The van der Waals surface area contributed by atoms with E-state index in [1.807, 2.05) is 0 Å². The van der Waals surface area contributed by atoms with E-state index in [1.54, 1.807) is 0 Å². The minimum absolute atomic E-state index is 0.156. The van der Waals surface area contributed by atoms with E-state index < -0.39 is 0 Å². The minimum atomic E-state index is -0.176. The smallest absolute Gasteiger partial charge is 0.0509 e. The van der Waals surface area contributed by atoms with E-state index in [2.05, 4.69) is 0 Å².